The van der Waals surface area contributed by atoms with Gasteiger partial charge in [0.25, 0.3) is 0 Å². The van der Waals surface area contributed by atoms with Crippen molar-refractivity contribution in [2.24, 2.45) is 5.92 Å². The second kappa shape index (κ2) is 7.57. The maximum Gasteiger partial charge on any atom is 0.338 e. The molecular weight excluding hydrogens is 266 g/mol. The lowest BCUT2D eigenvalue weighted by Crippen LogP contribution is -2.36. The van der Waals surface area contributed by atoms with Crippen LogP contribution in [-0.4, -0.2) is 41.8 Å². The Morgan fingerprint density at radius 2 is 2.10 bits per heavy atom. The number of hydrogen-bond acceptors (Lipinski definition) is 4. The van der Waals surface area contributed by atoms with E-state index in [-0.39, 0.29) is 18.7 Å². The Bertz CT molecular complexity index is 456. The van der Waals surface area contributed by atoms with Crippen LogP contribution in [0.5, 0.6) is 0 Å². The number of rotatable bonds is 5. The fourth-order valence-electron chi connectivity index (χ4n) is 2.73. The smallest absolute Gasteiger partial charge is 0.338 e. The third-order valence-corrected chi connectivity index (χ3v) is 3.80. The Morgan fingerprint density at radius 1 is 1.38 bits per heavy atom. The van der Waals surface area contributed by atoms with Crippen molar-refractivity contribution in [3.8, 4) is 0 Å². The van der Waals surface area contributed by atoms with Gasteiger partial charge in [-0.05, 0) is 56.8 Å². The van der Waals surface area contributed by atoms with Gasteiger partial charge in [-0.25, -0.2) is 4.79 Å². The van der Waals surface area contributed by atoms with Crippen molar-refractivity contribution in [2.45, 2.75) is 39.3 Å². The molecular formula is C17H25NO3. The van der Waals surface area contributed by atoms with Gasteiger partial charge in [-0.2, -0.15) is 0 Å². The van der Waals surface area contributed by atoms with Crippen LogP contribution in [-0.2, 0) is 11.3 Å². The zero-order valence-corrected chi connectivity index (χ0v) is 12.9. The van der Waals surface area contributed by atoms with E-state index in [0.29, 0.717) is 11.5 Å². The van der Waals surface area contributed by atoms with Gasteiger partial charge in [0.2, 0.25) is 0 Å². The number of nitrogens with zero attached hydrogens (tertiary/aromatic N) is 1. The van der Waals surface area contributed by atoms with Crippen LogP contribution in [0.3, 0.4) is 0 Å². The number of carbonyl (C=O) groups excluding carboxylic acids is 1. The lowest BCUT2D eigenvalue weighted by atomic mass is 9.98. The molecule has 2 rings (SSSR count). The van der Waals surface area contributed by atoms with E-state index in [1.807, 2.05) is 38.1 Å². The third-order valence-electron chi connectivity index (χ3n) is 3.80. The summed E-state index contributed by atoms with van der Waals surface area (Å²) in [6.07, 6.45) is 2.16. The molecule has 1 heterocycles. The minimum Gasteiger partial charge on any atom is -0.459 e. The standard InChI is InChI=1S/C17H25NO3/c1-13(2)21-17(20)16-7-5-14(6-8-16)10-18-9-3-4-15(11-18)12-19/h5-8,13,15,19H,3-4,9-12H2,1-2H3. The van der Waals surface area contributed by atoms with Gasteiger partial charge in [0, 0.05) is 19.7 Å². The largest absolute Gasteiger partial charge is 0.459 e. The Hall–Kier alpha value is -1.39. The summed E-state index contributed by atoms with van der Waals surface area (Å²) in [6.45, 7) is 6.87. The molecule has 1 atom stereocenters. The molecule has 4 heteroatoms. The van der Waals surface area contributed by atoms with Gasteiger partial charge < -0.3 is 9.84 Å². The minimum absolute atomic E-state index is 0.0964. The summed E-state index contributed by atoms with van der Waals surface area (Å²) in [5.74, 6) is 0.133. The van der Waals surface area contributed by atoms with Crippen LogP contribution in [0, 0.1) is 5.92 Å². The van der Waals surface area contributed by atoms with Crippen molar-refractivity contribution < 1.29 is 14.6 Å². The molecule has 1 aliphatic rings. The van der Waals surface area contributed by atoms with E-state index in [9.17, 15) is 9.90 Å². The number of carbonyl (C=O) groups is 1. The molecule has 1 saturated heterocycles. The van der Waals surface area contributed by atoms with Crippen molar-refractivity contribution in [1.82, 2.24) is 4.90 Å². The quantitative estimate of drug-likeness (QED) is 0.847. The molecule has 1 aliphatic heterocycles. The Kier molecular flexibility index (Phi) is 5.76. The van der Waals surface area contributed by atoms with Crippen molar-refractivity contribution in [3.05, 3.63) is 35.4 Å². The first-order chi connectivity index (χ1) is 10.1. The van der Waals surface area contributed by atoms with Crippen LogP contribution in [0.1, 0.15) is 42.6 Å². The summed E-state index contributed by atoms with van der Waals surface area (Å²) in [5, 5.41) is 9.27. The van der Waals surface area contributed by atoms with E-state index in [0.717, 1.165) is 32.5 Å². The van der Waals surface area contributed by atoms with Gasteiger partial charge in [-0.1, -0.05) is 12.1 Å². The minimum atomic E-state index is -0.269. The molecule has 4 nitrogen and oxygen atoms in total. The Labute approximate surface area is 126 Å². The maximum atomic E-state index is 11.8. The summed E-state index contributed by atoms with van der Waals surface area (Å²) < 4.78 is 5.18. The maximum absolute atomic E-state index is 11.8. The summed E-state index contributed by atoms with van der Waals surface area (Å²) in [6, 6.07) is 7.62. The molecule has 0 bridgehead atoms. The second-order valence-corrected chi connectivity index (χ2v) is 6.08. The number of aliphatic hydroxyl groups is 1. The molecule has 116 valence electrons. The fourth-order valence-corrected chi connectivity index (χ4v) is 2.73. The molecule has 0 radical (unpaired) electrons. The van der Waals surface area contributed by atoms with Crippen LogP contribution in [0.4, 0.5) is 0 Å². The average Bonchev–Trinajstić information content (AvgIpc) is 2.47. The van der Waals surface area contributed by atoms with Gasteiger partial charge in [0.15, 0.2) is 0 Å². The monoisotopic (exact) mass is 291 g/mol. The molecule has 0 aromatic heterocycles. The molecule has 1 unspecified atom stereocenters. The molecule has 1 aromatic rings. The molecule has 1 N–H and O–H groups in total. The number of aliphatic hydroxyl groups excluding tert-OH is 1. The number of ether oxygens (including phenoxy) is 1. The van der Waals surface area contributed by atoms with E-state index in [1.54, 1.807) is 0 Å². The SMILES string of the molecule is CC(C)OC(=O)c1ccc(CN2CCCC(CO)C2)cc1. The zero-order valence-electron chi connectivity index (χ0n) is 12.9. The lowest BCUT2D eigenvalue weighted by molar-refractivity contribution is 0.0378. The highest BCUT2D eigenvalue weighted by Gasteiger charge is 2.19. The highest BCUT2D eigenvalue weighted by Crippen LogP contribution is 2.18. The van der Waals surface area contributed by atoms with Gasteiger partial charge in [-0.15, -0.1) is 0 Å². The summed E-state index contributed by atoms with van der Waals surface area (Å²) in [4.78, 5) is 14.1. The van der Waals surface area contributed by atoms with Crippen LogP contribution in [0.15, 0.2) is 24.3 Å². The molecule has 0 aliphatic carbocycles. The van der Waals surface area contributed by atoms with Gasteiger partial charge in [0.1, 0.15) is 0 Å². The Balaban J connectivity index is 1.91. The third kappa shape index (κ3) is 4.83. The van der Waals surface area contributed by atoms with E-state index in [4.69, 9.17) is 4.74 Å². The first-order valence-corrected chi connectivity index (χ1v) is 7.71. The number of likely N-dealkylation sites (tertiary alicyclic amines) is 1. The molecule has 1 aromatic carbocycles. The topological polar surface area (TPSA) is 49.8 Å². The summed E-state index contributed by atoms with van der Waals surface area (Å²) in [7, 11) is 0. The predicted molar refractivity (Wildman–Crippen MR) is 82.1 cm³/mol. The molecule has 0 saturated carbocycles. The van der Waals surface area contributed by atoms with Crippen LogP contribution in [0.25, 0.3) is 0 Å². The zero-order chi connectivity index (χ0) is 15.2. The first-order valence-electron chi connectivity index (χ1n) is 7.71. The van der Waals surface area contributed by atoms with Crippen LogP contribution >= 0.6 is 0 Å². The van der Waals surface area contributed by atoms with Crippen molar-refractivity contribution >= 4 is 5.97 Å². The normalized spacial score (nSPS) is 19.7. The van der Waals surface area contributed by atoms with Crippen LogP contribution < -0.4 is 0 Å². The highest BCUT2D eigenvalue weighted by molar-refractivity contribution is 5.89. The van der Waals surface area contributed by atoms with Crippen molar-refractivity contribution in [2.75, 3.05) is 19.7 Å². The van der Waals surface area contributed by atoms with Crippen LogP contribution in [0.2, 0.25) is 0 Å². The van der Waals surface area contributed by atoms with Gasteiger partial charge in [-0.3, -0.25) is 4.90 Å². The van der Waals surface area contributed by atoms with E-state index < -0.39 is 0 Å². The molecule has 0 amide bonds. The summed E-state index contributed by atoms with van der Waals surface area (Å²) >= 11 is 0. The number of piperidine rings is 1. The lowest BCUT2D eigenvalue weighted by Gasteiger charge is -2.31. The molecule has 1 fully saturated rings. The van der Waals surface area contributed by atoms with Gasteiger partial charge in [0.05, 0.1) is 11.7 Å². The van der Waals surface area contributed by atoms with Crippen molar-refractivity contribution in [3.63, 3.8) is 0 Å². The first kappa shape index (κ1) is 16.0. The second-order valence-electron chi connectivity index (χ2n) is 6.08. The number of esters is 1. The molecule has 21 heavy (non-hydrogen) atoms. The fraction of sp³-hybridized carbons (Fsp3) is 0.588. The Morgan fingerprint density at radius 3 is 2.71 bits per heavy atom. The molecule has 0 spiro atoms. The summed E-state index contributed by atoms with van der Waals surface area (Å²) in [5.41, 5.74) is 1.79. The van der Waals surface area contributed by atoms with Gasteiger partial charge >= 0.3 is 5.97 Å². The predicted octanol–water partition coefficient (Wildman–Crippen LogP) is 2.46. The van der Waals surface area contributed by atoms with E-state index in [1.165, 1.54) is 5.56 Å². The highest BCUT2D eigenvalue weighted by atomic mass is 16.5. The van der Waals surface area contributed by atoms with E-state index in [2.05, 4.69) is 4.90 Å². The number of benzene rings is 1. The average molecular weight is 291 g/mol. The van der Waals surface area contributed by atoms with Crippen molar-refractivity contribution in [1.29, 1.82) is 0 Å². The van der Waals surface area contributed by atoms with E-state index >= 15 is 0 Å². The number of hydrogen-bond donors (Lipinski definition) is 1.